The number of morpholine rings is 1. The fraction of sp³-hybridized carbons (Fsp3) is 0.439. The predicted molar refractivity (Wildman–Crippen MR) is 196 cm³/mol. The quantitative estimate of drug-likeness (QED) is 0.0938. The zero-order valence-corrected chi connectivity index (χ0v) is 31.2. The molecular weight excluding hydrogens is 710 g/mol. The Morgan fingerprint density at radius 3 is 2.11 bits per heavy atom. The summed E-state index contributed by atoms with van der Waals surface area (Å²) in [4.78, 5) is 24.2. The van der Waals surface area contributed by atoms with E-state index in [4.69, 9.17) is 9.47 Å². The Balaban J connectivity index is 1.58. The van der Waals surface area contributed by atoms with Gasteiger partial charge < -0.3 is 24.1 Å². The number of alkyl halides is 6. The van der Waals surface area contributed by atoms with E-state index in [0.29, 0.717) is 52.4 Å². The van der Waals surface area contributed by atoms with Gasteiger partial charge in [-0.15, -0.1) is 0 Å². The summed E-state index contributed by atoms with van der Waals surface area (Å²) in [5, 5.41) is 0. The number of ether oxygens (including phenoxy) is 2. The van der Waals surface area contributed by atoms with Gasteiger partial charge in [0.25, 0.3) is 0 Å². The van der Waals surface area contributed by atoms with E-state index in [-0.39, 0.29) is 42.4 Å². The Labute approximate surface area is 312 Å². The number of carbonyl (C=O) groups is 1. The van der Waals surface area contributed by atoms with Gasteiger partial charge in [-0.2, -0.15) is 26.3 Å². The fourth-order valence-electron chi connectivity index (χ4n) is 6.48. The second kappa shape index (κ2) is 17.3. The van der Waals surface area contributed by atoms with Crippen LogP contribution in [-0.4, -0.2) is 48.7 Å². The molecule has 1 saturated heterocycles. The number of hydrogen-bond acceptors (Lipinski definition) is 7. The van der Waals surface area contributed by atoms with E-state index >= 15 is 0 Å². The van der Waals surface area contributed by atoms with Crippen LogP contribution in [0.3, 0.4) is 0 Å². The van der Waals surface area contributed by atoms with Gasteiger partial charge in [0.1, 0.15) is 5.78 Å². The second-order valence-corrected chi connectivity index (χ2v) is 14.1. The average molecular weight is 757 g/mol. The number of rotatable bonds is 14. The summed E-state index contributed by atoms with van der Waals surface area (Å²) in [6.45, 7) is 12.5. The average Bonchev–Trinajstić information content (AvgIpc) is 3.11. The first-order chi connectivity index (χ1) is 25.5. The number of anilines is 2. The van der Waals surface area contributed by atoms with Crippen LogP contribution in [0.5, 0.6) is 0 Å². The summed E-state index contributed by atoms with van der Waals surface area (Å²) in [5.74, 6) is 0.429. The van der Waals surface area contributed by atoms with E-state index in [1.54, 1.807) is 24.2 Å². The molecule has 0 saturated carbocycles. The highest BCUT2D eigenvalue weighted by atomic mass is 19.4. The van der Waals surface area contributed by atoms with Crippen molar-refractivity contribution in [3.63, 3.8) is 0 Å². The van der Waals surface area contributed by atoms with Crippen LogP contribution in [0.25, 0.3) is 11.1 Å². The number of halogens is 6. The molecule has 4 aromatic rings. The van der Waals surface area contributed by atoms with Crippen molar-refractivity contribution in [3.05, 3.63) is 105 Å². The number of aryl methyl sites for hydroxylation is 1. The molecule has 0 spiro atoms. The van der Waals surface area contributed by atoms with Gasteiger partial charge in [0.2, 0.25) is 5.95 Å². The summed E-state index contributed by atoms with van der Waals surface area (Å²) in [5.41, 5.74) is 4.30. The molecule has 1 fully saturated rings. The van der Waals surface area contributed by atoms with Crippen LogP contribution in [0.1, 0.15) is 84.0 Å². The lowest BCUT2D eigenvalue weighted by Gasteiger charge is -2.29. The van der Waals surface area contributed by atoms with Crippen molar-refractivity contribution in [3.8, 4) is 11.1 Å². The molecule has 0 bridgehead atoms. The molecule has 7 nitrogen and oxygen atoms in total. The standard InChI is InChI=1S/C41H46F6N4O3/c1-26(2)31-18-33(25-54-12-6-7-28(4)52)29(5)38(19-31)37-9-8-27(3)15-32(37)24-51(39-48-21-36(22-49-39)50-10-13-53-14-11-50)23-30-16-34(40(42,43)44)20-35(17-30)41(45,46)47/h8-9,15-22,26H,6-7,10-14,23-25H2,1-5H3. The molecule has 5 rings (SSSR count). The van der Waals surface area contributed by atoms with Gasteiger partial charge >= 0.3 is 12.4 Å². The van der Waals surface area contributed by atoms with Crippen molar-refractivity contribution in [2.24, 2.45) is 0 Å². The SMILES string of the molecule is CC(=O)CCCOCc1cc(C(C)C)cc(-c2ccc(C)cc2CN(Cc2cc(C(F)(F)F)cc(C(F)(F)F)c2)c2ncc(N3CCOCC3)cn2)c1C. The number of hydrogen-bond donors (Lipinski definition) is 0. The van der Waals surface area contributed by atoms with E-state index < -0.39 is 23.5 Å². The first kappa shape index (κ1) is 40.7. The van der Waals surface area contributed by atoms with Gasteiger partial charge in [-0.05, 0) is 90.3 Å². The number of ketones is 1. The molecule has 54 heavy (non-hydrogen) atoms. The molecule has 0 amide bonds. The minimum Gasteiger partial charge on any atom is -0.378 e. The van der Waals surface area contributed by atoms with Crippen molar-refractivity contribution in [2.45, 2.75) is 85.4 Å². The Morgan fingerprint density at radius 1 is 0.870 bits per heavy atom. The molecule has 13 heteroatoms. The molecule has 1 aliphatic rings. The summed E-state index contributed by atoms with van der Waals surface area (Å²) in [6.07, 6.45) is -5.69. The molecular formula is C41H46F6N4O3. The highest BCUT2D eigenvalue weighted by Crippen LogP contribution is 2.38. The predicted octanol–water partition coefficient (Wildman–Crippen LogP) is 9.85. The fourth-order valence-corrected chi connectivity index (χ4v) is 6.48. The minimum absolute atomic E-state index is 0.0771. The zero-order valence-electron chi connectivity index (χ0n) is 31.2. The third-order valence-corrected chi connectivity index (χ3v) is 9.50. The van der Waals surface area contributed by atoms with Crippen LogP contribution in [0.15, 0.2) is 60.9 Å². The maximum atomic E-state index is 13.9. The van der Waals surface area contributed by atoms with Gasteiger partial charge in [-0.25, -0.2) is 9.97 Å². The van der Waals surface area contributed by atoms with E-state index in [1.165, 1.54) is 0 Å². The van der Waals surface area contributed by atoms with Crippen molar-refractivity contribution < 1.29 is 40.6 Å². The third-order valence-electron chi connectivity index (χ3n) is 9.50. The molecule has 1 aliphatic heterocycles. The number of carbonyl (C=O) groups excluding carboxylic acids is 1. The molecule has 0 aliphatic carbocycles. The van der Waals surface area contributed by atoms with E-state index in [9.17, 15) is 31.1 Å². The van der Waals surface area contributed by atoms with Crippen LogP contribution in [-0.2, 0) is 46.3 Å². The van der Waals surface area contributed by atoms with Crippen LogP contribution in [0.2, 0.25) is 0 Å². The van der Waals surface area contributed by atoms with Crippen molar-refractivity contribution in [2.75, 3.05) is 42.7 Å². The molecule has 3 aromatic carbocycles. The van der Waals surface area contributed by atoms with E-state index in [1.807, 2.05) is 36.9 Å². The van der Waals surface area contributed by atoms with Gasteiger partial charge in [-0.3, -0.25) is 0 Å². The van der Waals surface area contributed by atoms with Crippen molar-refractivity contribution in [1.29, 1.82) is 0 Å². The molecule has 290 valence electrons. The summed E-state index contributed by atoms with van der Waals surface area (Å²) in [6, 6.07) is 11.8. The van der Waals surface area contributed by atoms with Crippen molar-refractivity contribution >= 4 is 17.4 Å². The highest BCUT2D eigenvalue weighted by Gasteiger charge is 2.37. The topological polar surface area (TPSA) is 67.8 Å². The van der Waals surface area contributed by atoms with Gasteiger partial charge in [0, 0.05) is 39.2 Å². The molecule has 1 aromatic heterocycles. The molecule has 2 heterocycles. The number of nitrogens with zero attached hydrogens (tertiary/aromatic N) is 4. The first-order valence-corrected chi connectivity index (χ1v) is 18.0. The number of benzene rings is 3. The first-order valence-electron chi connectivity index (χ1n) is 18.0. The maximum absolute atomic E-state index is 13.9. The molecule has 0 N–H and O–H groups in total. The lowest BCUT2D eigenvalue weighted by atomic mass is 9.88. The Morgan fingerprint density at radius 2 is 1.52 bits per heavy atom. The highest BCUT2D eigenvalue weighted by molar-refractivity contribution is 5.75. The Kier molecular flexibility index (Phi) is 13.1. The van der Waals surface area contributed by atoms with Crippen molar-refractivity contribution in [1.82, 2.24) is 9.97 Å². The largest absolute Gasteiger partial charge is 0.416 e. The van der Waals surface area contributed by atoms with Crippen LogP contribution in [0, 0.1) is 13.8 Å². The smallest absolute Gasteiger partial charge is 0.378 e. The maximum Gasteiger partial charge on any atom is 0.416 e. The van der Waals surface area contributed by atoms with Crippen LogP contribution < -0.4 is 9.80 Å². The minimum atomic E-state index is -4.99. The van der Waals surface area contributed by atoms with Crippen LogP contribution >= 0.6 is 0 Å². The number of Topliss-reactive ketones (excluding diaryl/α,β-unsaturated/α-hetero) is 1. The molecule has 0 unspecified atom stereocenters. The zero-order chi connectivity index (χ0) is 39.2. The summed E-state index contributed by atoms with van der Waals surface area (Å²) >= 11 is 0. The third kappa shape index (κ3) is 10.6. The monoisotopic (exact) mass is 756 g/mol. The van der Waals surface area contributed by atoms with E-state index in [0.717, 1.165) is 56.8 Å². The molecule has 0 radical (unpaired) electrons. The lowest BCUT2D eigenvalue weighted by molar-refractivity contribution is -0.143. The Hall–Kier alpha value is -4.49. The van der Waals surface area contributed by atoms with Gasteiger partial charge in [0.15, 0.2) is 0 Å². The van der Waals surface area contributed by atoms with Gasteiger partial charge in [0.05, 0.1) is 49.0 Å². The Bertz CT molecular complexity index is 1870. The van der Waals surface area contributed by atoms with E-state index in [2.05, 4.69) is 35.9 Å². The lowest BCUT2D eigenvalue weighted by Crippen LogP contribution is -2.36. The normalized spacial score (nSPS) is 13.8. The summed E-state index contributed by atoms with van der Waals surface area (Å²) < 4.78 is 94.9. The molecule has 0 atom stereocenters. The van der Waals surface area contributed by atoms with Gasteiger partial charge in [-0.1, -0.05) is 49.7 Å². The summed E-state index contributed by atoms with van der Waals surface area (Å²) in [7, 11) is 0. The van der Waals surface area contributed by atoms with Crippen LogP contribution in [0.4, 0.5) is 38.0 Å². The number of aromatic nitrogens is 2. The second-order valence-electron chi connectivity index (χ2n) is 14.1.